The highest BCUT2D eigenvalue weighted by Crippen LogP contribution is 2.44. The van der Waals surface area contributed by atoms with E-state index >= 15 is 0 Å². The minimum Gasteiger partial charge on any atom is -0.543 e. The van der Waals surface area contributed by atoms with Crippen LogP contribution in [0.2, 0.25) is 36.3 Å². The third-order valence-corrected chi connectivity index (χ3v) is 17.7. The molecule has 0 N–H and O–H groups in total. The van der Waals surface area contributed by atoms with Crippen LogP contribution in [-0.4, -0.2) is 28.4 Å². The highest BCUT2D eigenvalue weighted by molar-refractivity contribution is 6.75. The van der Waals surface area contributed by atoms with Gasteiger partial charge in [0.1, 0.15) is 30.0 Å². The summed E-state index contributed by atoms with van der Waals surface area (Å²) in [4.78, 5) is 27.4. The summed E-state index contributed by atoms with van der Waals surface area (Å²) in [5.74, 6) is 0.945. The molecule has 0 saturated heterocycles. The van der Waals surface area contributed by atoms with Crippen LogP contribution in [0.3, 0.4) is 0 Å². The molecule has 4 rings (SSSR count). The van der Waals surface area contributed by atoms with Crippen molar-refractivity contribution in [2.75, 3.05) is 0 Å². The summed E-state index contributed by atoms with van der Waals surface area (Å²) in [5, 5.41) is -0.241. The van der Waals surface area contributed by atoms with Gasteiger partial charge in [-0.25, -0.2) is 4.79 Å². The molecule has 1 atom stereocenters. The summed E-state index contributed by atoms with van der Waals surface area (Å²) in [6, 6.07) is 21.1. The topological polar surface area (TPSA) is 71.1 Å². The Balaban J connectivity index is 1.65. The largest absolute Gasteiger partial charge is 0.543 e. The number of Topliss-reactive ketones (excluding diaryl/α,β-unsaturated/α-hetero) is 1. The van der Waals surface area contributed by atoms with E-state index in [2.05, 4.69) is 54.6 Å². The zero-order chi connectivity index (χ0) is 31.8. The van der Waals surface area contributed by atoms with E-state index in [0.29, 0.717) is 18.1 Å². The van der Waals surface area contributed by atoms with Crippen LogP contribution >= 0.6 is 0 Å². The normalized spacial score (nSPS) is 15.8. The van der Waals surface area contributed by atoms with Crippen molar-refractivity contribution >= 4 is 28.4 Å². The summed E-state index contributed by atoms with van der Waals surface area (Å²) >= 11 is 0. The van der Waals surface area contributed by atoms with Gasteiger partial charge in [0.25, 0.3) is 8.32 Å². The lowest BCUT2D eigenvalue weighted by Gasteiger charge is -2.37. The average Bonchev–Trinajstić information content (AvgIpc) is 2.90. The lowest BCUT2D eigenvalue weighted by atomic mass is 9.92. The van der Waals surface area contributed by atoms with Crippen molar-refractivity contribution in [2.45, 2.75) is 96.9 Å². The van der Waals surface area contributed by atoms with E-state index in [1.165, 1.54) is 0 Å². The molecule has 43 heavy (non-hydrogen) atoms. The van der Waals surface area contributed by atoms with Gasteiger partial charge in [-0.2, -0.15) is 0 Å². The number of fused-ring (bicyclic) bond motifs is 1. The lowest BCUT2D eigenvalue weighted by Crippen LogP contribution is -2.44. The van der Waals surface area contributed by atoms with Crippen LogP contribution in [0.1, 0.15) is 85.9 Å². The second-order valence-corrected chi connectivity index (χ2v) is 23.9. The molecule has 6 nitrogen and oxygen atoms in total. The SMILES string of the molecule is CC(C)(C)[Si](C)(C)OC(=O)c1cc(O[Si](C)(C)C(C)(C)C)cc2c1C(=O)CC(c1ccc(OCc3ccccc3)cc1)O2. The first-order chi connectivity index (χ1) is 19.9. The van der Waals surface area contributed by atoms with Gasteiger partial charge in [0.15, 0.2) is 5.78 Å². The van der Waals surface area contributed by atoms with Gasteiger partial charge >= 0.3 is 5.97 Å². The van der Waals surface area contributed by atoms with Gasteiger partial charge in [-0.3, -0.25) is 4.79 Å². The number of ketones is 1. The van der Waals surface area contributed by atoms with Gasteiger partial charge in [0.2, 0.25) is 8.32 Å². The lowest BCUT2D eigenvalue weighted by molar-refractivity contribution is 0.0695. The van der Waals surface area contributed by atoms with E-state index < -0.39 is 28.7 Å². The van der Waals surface area contributed by atoms with Gasteiger partial charge in [-0.1, -0.05) is 84.0 Å². The number of carbonyl (C=O) groups excluding carboxylic acids is 2. The van der Waals surface area contributed by atoms with Crippen molar-refractivity contribution in [3.05, 3.63) is 89.0 Å². The van der Waals surface area contributed by atoms with Crippen LogP contribution in [0, 0.1) is 0 Å². The quantitative estimate of drug-likeness (QED) is 0.234. The van der Waals surface area contributed by atoms with E-state index in [9.17, 15) is 9.59 Å². The first kappa shape index (κ1) is 32.5. The molecule has 0 amide bonds. The molecule has 0 bridgehead atoms. The van der Waals surface area contributed by atoms with Crippen LogP contribution in [0.4, 0.5) is 0 Å². The highest BCUT2D eigenvalue weighted by Gasteiger charge is 2.43. The molecule has 230 valence electrons. The molecule has 3 aromatic rings. The number of benzene rings is 3. The zero-order valence-corrected chi connectivity index (χ0v) is 29.3. The van der Waals surface area contributed by atoms with E-state index in [0.717, 1.165) is 16.9 Å². The Labute approximate surface area is 259 Å². The van der Waals surface area contributed by atoms with Crippen LogP contribution in [0.25, 0.3) is 0 Å². The number of ether oxygens (including phenoxy) is 2. The van der Waals surface area contributed by atoms with E-state index in [1.807, 2.05) is 67.7 Å². The second kappa shape index (κ2) is 12.0. The summed E-state index contributed by atoms with van der Waals surface area (Å²) < 4.78 is 25.2. The van der Waals surface area contributed by atoms with Gasteiger partial charge in [0, 0.05) is 6.07 Å². The molecule has 0 fully saturated rings. The number of hydrogen-bond acceptors (Lipinski definition) is 6. The highest BCUT2D eigenvalue weighted by atomic mass is 28.4. The molecule has 1 aliphatic heterocycles. The first-order valence-electron chi connectivity index (χ1n) is 14.9. The Morgan fingerprint density at radius 1 is 0.837 bits per heavy atom. The van der Waals surface area contributed by atoms with Gasteiger partial charge in [-0.15, -0.1) is 0 Å². The third-order valence-electron chi connectivity index (χ3n) is 9.05. The fraction of sp³-hybridized carbons (Fsp3) is 0.429. The summed E-state index contributed by atoms with van der Waals surface area (Å²) in [6.45, 7) is 21.5. The van der Waals surface area contributed by atoms with Crippen LogP contribution in [0.15, 0.2) is 66.7 Å². The predicted molar refractivity (Wildman–Crippen MR) is 176 cm³/mol. The molecular weight excluding hydrogens is 573 g/mol. The summed E-state index contributed by atoms with van der Waals surface area (Å²) in [7, 11) is -4.72. The van der Waals surface area contributed by atoms with Crippen molar-refractivity contribution in [1.82, 2.24) is 0 Å². The van der Waals surface area contributed by atoms with Gasteiger partial charge in [-0.05, 0) is 65.6 Å². The average molecular weight is 619 g/mol. The molecule has 1 unspecified atom stereocenters. The van der Waals surface area contributed by atoms with Gasteiger partial charge < -0.3 is 18.3 Å². The molecule has 0 spiro atoms. The van der Waals surface area contributed by atoms with Crippen LogP contribution in [-0.2, 0) is 11.0 Å². The molecule has 0 saturated carbocycles. The Bertz CT molecular complexity index is 1470. The number of rotatable bonds is 8. The van der Waals surface area contributed by atoms with E-state index in [4.69, 9.17) is 18.3 Å². The first-order valence-corrected chi connectivity index (χ1v) is 20.8. The molecular formula is C35H46O6Si2. The van der Waals surface area contributed by atoms with Crippen molar-refractivity contribution < 1.29 is 27.9 Å². The van der Waals surface area contributed by atoms with Crippen LogP contribution in [0.5, 0.6) is 17.2 Å². The summed E-state index contributed by atoms with van der Waals surface area (Å²) in [5.41, 5.74) is 2.42. The standard InChI is InChI=1S/C35H46O6Si2/c1-34(2,3)42(7,8)40-27-20-28(33(37)41-43(9,10)35(4,5)6)32-29(36)22-30(39-31(32)21-27)25-16-18-26(19-17-25)38-23-24-14-12-11-13-15-24/h11-21,30H,22-23H2,1-10H3. The Morgan fingerprint density at radius 2 is 1.44 bits per heavy atom. The smallest absolute Gasteiger partial charge is 0.325 e. The summed E-state index contributed by atoms with van der Waals surface area (Å²) in [6.07, 6.45) is -0.393. The van der Waals surface area contributed by atoms with Crippen molar-refractivity contribution in [2.24, 2.45) is 0 Å². The van der Waals surface area contributed by atoms with E-state index in [1.54, 1.807) is 12.1 Å². The molecule has 1 heterocycles. The van der Waals surface area contributed by atoms with Crippen molar-refractivity contribution in [3.63, 3.8) is 0 Å². The fourth-order valence-electron chi connectivity index (χ4n) is 4.25. The fourth-order valence-corrected chi connectivity index (χ4v) is 6.14. The number of carbonyl (C=O) groups is 2. The van der Waals surface area contributed by atoms with Gasteiger partial charge in [0.05, 0.1) is 17.5 Å². The molecule has 8 heteroatoms. The maximum absolute atomic E-state index is 13.7. The zero-order valence-electron chi connectivity index (χ0n) is 27.3. The van der Waals surface area contributed by atoms with Crippen molar-refractivity contribution in [1.29, 1.82) is 0 Å². The second-order valence-electron chi connectivity index (χ2n) is 14.4. The molecule has 0 aromatic heterocycles. The maximum atomic E-state index is 13.7. The molecule has 1 aliphatic rings. The predicted octanol–water partition coefficient (Wildman–Crippen LogP) is 9.52. The third kappa shape index (κ3) is 7.41. The van der Waals surface area contributed by atoms with Crippen LogP contribution < -0.4 is 13.9 Å². The molecule has 0 radical (unpaired) electrons. The Hall–Kier alpha value is -3.37. The van der Waals surface area contributed by atoms with E-state index in [-0.39, 0.29) is 33.4 Å². The molecule has 0 aliphatic carbocycles. The monoisotopic (exact) mass is 618 g/mol. The van der Waals surface area contributed by atoms with Crippen molar-refractivity contribution in [3.8, 4) is 17.2 Å². The Kier molecular flexibility index (Phi) is 9.05. The maximum Gasteiger partial charge on any atom is 0.325 e. The minimum absolute atomic E-state index is 0.0613. The molecule has 3 aromatic carbocycles. The Morgan fingerprint density at radius 3 is 2.02 bits per heavy atom. The minimum atomic E-state index is -2.46. The number of hydrogen-bond donors (Lipinski definition) is 0.